The van der Waals surface area contributed by atoms with Crippen LogP contribution in [0.4, 0.5) is 0 Å². The number of carbonyl (C=O) groups is 1. The zero-order valence-corrected chi connectivity index (χ0v) is 11.7. The van der Waals surface area contributed by atoms with Gasteiger partial charge in [-0.25, -0.2) is 0 Å². The van der Waals surface area contributed by atoms with Crippen molar-refractivity contribution in [3.8, 4) is 0 Å². The molecule has 2 fully saturated rings. The van der Waals surface area contributed by atoms with Crippen LogP contribution in [0.15, 0.2) is 0 Å². The second kappa shape index (κ2) is 6.02. The molecule has 104 valence electrons. The van der Waals surface area contributed by atoms with Crippen LogP contribution in [0.3, 0.4) is 0 Å². The highest BCUT2D eigenvalue weighted by Crippen LogP contribution is 2.30. The molecule has 2 rings (SSSR count). The molecule has 0 aromatic rings. The standard InChI is InChI=1S/C14H26N2O2/c1-14(5-7-15-8-6-14)13(17)16(2)11-12-3-9-18-10-4-12/h12,15H,3-11H2,1-2H3. The molecule has 2 aliphatic heterocycles. The van der Waals surface area contributed by atoms with Crippen LogP contribution in [0.1, 0.15) is 32.6 Å². The maximum atomic E-state index is 12.6. The Morgan fingerprint density at radius 3 is 2.56 bits per heavy atom. The number of hydrogen-bond donors (Lipinski definition) is 1. The summed E-state index contributed by atoms with van der Waals surface area (Å²) in [4.78, 5) is 14.5. The summed E-state index contributed by atoms with van der Waals surface area (Å²) in [6, 6.07) is 0. The van der Waals surface area contributed by atoms with E-state index in [4.69, 9.17) is 4.74 Å². The number of nitrogens with one attached hydrogen (secondary N) is 1. The maximum absolute atomic E-state index is 12.6. The Morgan fingerprint density at radius 1 is 1.33 bits per heavy atom. The summed E-state index contributed by atoms with van der Waals surface area (Å²) >= 11 is 0. The lowest BCUT2D eigenvalue weighted by atomic mass is 9.79. The van der Waals surface area contributed by atoms with Crippen LogP contribution in [0.25, 0.3) is 0 Å². The summed E-state index contributed by atoms with van der Waals surface area (Å²) < 4.78 is 5.37. The van der Waals surface area contributed by atoms with E-state index in [2.05, 4.69) is 12.2 Å². The zero-order valence-electron chi connectivity index (χ0n) is 11.7. The Morgan fingerprint density at radius 2 is 1.94 bits per heavy atom. The third kappa shape index (κ3) is 3.23. The molecule has 0 saturated carbocycles. The topological polar surface area (TPSA) is 41.6 Å². The van der Waals surface area contributed by atoms with Crippen LogP contribution in [0, 0.1) is 11.3 Å². The van der Waals surface area contributed by atoms with Crippen molar-refractivity contribution in [2.75, 3.05) is 39.9 Å². The fraction of sp³-hybridized carbons (Fsp3) is 0.929. The highest BCUT2D eigenvalue weighted by atomic mass is 16.5. The van der Waals surface area contributed by atoms with Gasteiger partial charge in [0.25, 0.3) is 0 Å². The monoisotopic (exact) mass is 254 g/mol. The van der Waals surface area contributed by atoms with Gasteiger partial charge in [-0.1, -0.05) is 6.92 Å². The molecule has 0 radical (unpaired) electrons. The molecular formula is C14H26N2O2. The second-order valence-electron chi connectivity index (χ2n) is 6.05. The molecule has 0 unspecified atom stereocenters. The summed E-state index contributed by atoms with van der Waals surface area (Å²) in [6.45, 7) is 6.66. The van der Waals surface area contributed by atoms with Crippen LogP contribution in [0.2, 0.25) is 0 Å². The molecule has 2 heterocycles. The molecule has 0 aliphatic carbocycles. The third-order valence-electron chi connectivity index (χ3n) is 4.44. The van der Waals surface area contributed by atoms with Crippen molar-refractivity contribution in [1.82, 2.24) is 10.2 Å². The van der Waals surface area contributed by atoms with Gasteiger partial charge in [0, 0.05) is 32.2 Å². The molecule has 0 atom stereocenters. The van der Waals surface area contributed by atoms with Gasteiger partial charge in [0.15, 0.2) is 0 Å². The molecule has 4 heteroatoms. The molecule has 18 heavy (non-hydrogen) atoms. The van der Waals surface area contributed by atoms with Crippen molar-refractivity contribution >= 4 is 5.91 Å². The minimum atomic E-state index is -0.148. The van der Waals surface area contributed by atoms with Gasteiger partial charge in [0.2, 0.25) is 5.91 Å². The lowest BCUT2D eigenvalue weighted by Gasteiger charge is -2.37. The maximum Gasteiger partial charge on any atom is 0.228 e. The van der Waals surface area contributed by atoms with Gasteiger partial charge in [-0.3, -0.25) is 4.79 Å². The lowest BCUT2D eigenvalue weighted by molar-refractivity contribution is -0.142. The third-order valence-corrected chi connectivity index (χ3v) is 4.44. The molecule has 1 N–H and O–H groups in total. The lowest BCUT2D eigenvalue weighted by Crippen LogP contribution is -2.47. The Balaban J connectivity index is 1.86. The number of rotatable bonds is 3. The largest absolute Gasteiger partial charge is 0.381 e. The van der Waals surface area contributed by atoms with Gasteiger partial charge in [0.05, 0.1) is 0 Å². The van der Waals surface area contributed by atoms with Gasteiger partial charge in [-0.2, -0.15) is 0 Å². The fourth-order valence-corrected chi connectivity index (χ4v) is 3.05. The number of piperidine rings is 1. The SMILES string of the molecule is CN(CC1CCOCC1)C(=O)C1(C)CCNCC1. The first-order valence-corrected chi connectivity index (χ1v) is 7.16. The highest BCUT2D eigenvalue weighted by molar-refractivity contribution is 5.82. The van der Waals surface area contributed by atoms with Crippen molar-refractivity contribution < 1.29 is 9.53 Å². The molecule has 2 aliphatic rings. The molecule has 4 nitrogen and oxygen atoms in total. The number of hydrogen-bond acceptors (Lipinski definition) is 3. The molecule has 0 spiro atoms. The Bertz CT molecular complexity index is 282. The molecule has 0 aromatic carbocycles. The van der Waals surface area contributed by atoms with Crippen LogP contribution in [-0.2, 0) is 9.53 Å². The molecule has 0 aromatic heterocycles. The van der Waals surface area contributed by atoms with Crippen LogP contribution in [-0.4, -0.2) is 50.7 Å². The molecule has 2 saturated heterocycles. The minimum absolute atomic E-state index is 0.148. The fourth-order valence-electron chi connectivity index (χ4n) is 3.05. The summed E-state index contributed by atoms with van der Waals surface area (Å²) in [5, 5.41) is 3.33. The Labute approximate surface area is 110 Å². The predicted molar refractivity (Wildman–Crippen MR) is 71.4 cm³/mol. The van der Waals surface area contributed by atoms with E-state index in [1.54, 1.807) is 0 Å². The van der Waals surface area contributed by atoms with Crippen molar-refractivity contribution in [2.24, 2.45) is 11.3 Å². The van der Waals surface area contributed by atoms with E-state index in [1.165, 1.54) is 0 Å². The second-order valence-corrected chi connectivity index (χ2v) is 6.05. The van der Waals surface area contributed by atoms with E-state index in [0.717, 1.165) is 58.5 Å². The van der Waals surface area contributed by atoms with Gasteiger partial charge < -0.3 is 15.0 Å². The van der Waals surface area contributed by atoms with Crippen molar-refractivity contribution in [2.45, 2.75) is 32.6 Å². The Hall–Kier alpha value is -0.610. The normalized spacial score (nSPS) is 24.8. The highest BCUT2D eigenvalue weighted by Gasteiger charge is 2.37. The van der Waals surface area contributed by atoms with E-state index in [-0.39, 0.29) is 5.41 Å². The number of carbonyl (C=O) groups excluding carboxylic acids is 1. The Kier molecular flexibility index (Phi) is 4.62. The first kappa shape index (κ1) is 13.8. The predicted octanol–water partition coefficient (Wildman–Crippen LogP) is 1.26. The molecular weight excluding hydrogens is 228 g/mol. The van der Waals surface area contributed by atoms with E-state index >= 15 is 0 Å². The first-order chi connectivity index (χ1) is 8.62. The van der Waals surface area contributed by atoms with E-state index in [1.807, 2.05) is 11.9 Å². The number of nitrogens with zero attached hydrogens (tertiary/aromatic N) is 1. The number of amides is 1. The molecule has 1 amide bonds. The number of ether oxygens (including phenoxy) is 1. The van der Waals surface area contributed by atoms with Crippen molar-refractivity contribution in [3.63, 3.8) is 0 Å². The minimum Gasteiger partial charge on any atom is -0.381 e. The van der Waals surface area contributed by atoms with Crippen molar-refractivity contribution in [1.29, 1.82) is 0 Å². The quantitative estimate of drug-likeness (QED) is 0.824. The van der Waals surface area contributed by atoms with Crippen LogP contribution in [0.5, 0.6) is 0 Å². The summed E-state index contributed by atoms with van der Waals surface area (Å²) in [7, 11) is 1.96. The van der Waals surface area contributed by atoms with E-state index in [0.29, 0.717) is 11.8 Å². The van der Waals surface area contributed by atoms with Crippen molar-refractivity contribution in [3.05, 3.63) is 0 Å². The van der Waals surface area contributed by atoms with Gasteiger partial charge in [-0.05, 0) is 44.7 Å². The zero-order chi connectivity index (χ0) is 13.0. The average Bonchev–Trinajstić information content (AvgIpc) is 2.40. The van der Waals surface area contributed by atoms with Gasteiger partial charge in [-0.15, -0.1) is 0 Å². The average molecular weight is 254 g/mol. The first-order valence-electron chi connectivity index (χ1n) is 7.16. The van der Waals surface area contributed by atoms with Crippen LogP contribution >= 0.6 is 0 Å². The van der Waals surface area contributed by atoms with E-state index in [9.17, 15) is 4.79 Å². The summed E-state index contributed by atoms with van der Waals surface area (Å²) in [6.07, 6.45) is 4.11. The van der Waals surface area contributed by atoms with E-state index < -0.39 is 0 Å². The smallest absolute Gasteiger partial charge is 0.228 e. The summed E-state index contributed by atoms with van der Waals surface area (Å²) in [5.74, 6) is 0.952. The van der Waals surface area contributed by atoms with Crippen LogP contribution < -0.4 is 5.32 Å². The van der Waals surface area contributed by atoms with Gasteiger partial charge >= 0.3 is 0 Å². The van der Waals surface area contributed by atoms with Gasteiger partial charge in [0.1, 0.15) is 0 Å². The molecule has 0 bridgehead atoms. The summed E-state index contributed by atoms with van der Waals surface area (Å²) in [5.41, 5.74) is -0.148.